The molecule has 0 aromatic carbocycles. The minimum absolute atomic E-state index is 0.0223. The van der Waals surface area contributed by atoms with Crippen LogP contribution in [0.3, 0.4) is 0 Å². The minimum Gasteiger partial charge on any atom is -0.351 e. The van der Waals surface area contributed by atoms with Gasteiger partial charge in [-0.1, -0.05) is 26.2 Å². The SMILES string of the molecule is CCCCCCNC(=O)c1cc(Br)cn1CC. The number of carbonyl (C=O) groups is 1. The van der Waals surface area contributed by atoms with E-state index in [1.54, 1.807) is 0 Å². The van der Waals surface area contributed by atoms with Gasteiger partial charge in [-0.15, -0.1) is 0 Å². The maximum absolute atomic E-state index is 11.9. The van der Waals surface area contributed by atoms with Crippen molar-refractivity contribution >= 4 is 21.8 Å². The molecule has 0 fully saturated rings. The zero-order valence-corrected chi connectivity index (χ0v) is 12.2. The Morgan fingerprint density at radius 1 is 1.35 bits per heavy atom. The van der Waals surface area contributed by atoms with Crippen LogP contribution in [0.15, 0.2) is 16.7 Å². The van der Waals surface area contributed by atoms with Crippen molar-refractivity contribution in [3.05, 3.63) is 22.4 Å². The second-order valence-electron chi connectivity index (χ2n) is 4.15. The molecular formula is C13H21BrN2O. The average molecular weight is 301 g/mol. The Kier molecular flexibility index (Phi) is 6.34. The molecule has 0 atom stereocenters. The molecule has 1 aromatic heterocycles. The number of aryl methyl sites for hydroxylation is 1. The van der Waals surface area contributed by atoms with Crippen LogP contribution in [0.25, 0.3) is 0 Å². The number of unbranched alkanes of at least 4 members (excludes halogenated alkanes) is 3. The van der Waals surface area contributed by atoms with Crippen LogP contribution in [-0.4, -0.2) is 17.0 Å². The third kappa shape index (κ3) is 4.54. The molecule has 0 unspecified atom stereocenters. The molecule has 3 nitrogen and oxygen atoms in total. The summed E-state index contributed by atoms with van der Waals surface area (Å²) in [5.41, 5.74) is 0.731. The molecule has 1 N–H and O–H groups in total. The summed E-state index contributed by atoms with van der Waals surface area (Å²) in [5, 5.41) is 2.97. The Bertz CT molecular complexity index is 360. The van der Waals surface area contributed by atoms with E-state index in [-0.39, 0.29) is 5.91 Å². The highest BCUT2D eigenvalue weighted by Gasteiger charge is 2.11. The Labute approximate surface area is 112 Å². The molecule has 0 aliphatic heterocycles. The third-order valence-electron chi connectivity index (χ3n) is 2.75. The number of nitrogens with one attached hydrogen (secondary N) is 1. The highest BCUT2D eigenvalue weighted by molar-refractivity contribution is 9.10. The predicted octanol–water partition coefficient (Wildman–Crippen LogP) is 3.58. The maximum Gasteiger partial charge on any atom is 0.267 e. The first kappa shape index (κ1) is 14.3. The minimum atomic E-state index is 0.0223. The standard InChI is InChI=1S/C13H21BrN2O/c1-3-5-6-7-8-15-13(17)12-9-11(14)10-16(12)4-2/h9-10H,3-8H2,1-2H3,(H,15,17). The van der Waals surface area contributed by atoms with Crippen LogP contribution in [0.5, 0.6) is 0 Å². The second kappa shape index (κ2) is 7.54. The lowest BCUT2D eigenvalue weighted by Gasteiger charge is -2.07. The topological polar surface area (TPSA) is 34.0 Å². The quantitative estimate of drug-likeness (QED) is 0.767. The molecule has 0 aliphatic carbocycles. The van der Waals surface area contributed by atoms with Gasteiger partial charge in [-0.3, -0.25) is 4.79 Å². The summed E-state index contributed by atoms with van der Waals surface area (Å²) in [7, 11) is 0. The monoisotopic (exact) mass is 300 g/mol. The number of amides is 1. The molecule has 0 bridgehead atoms. The first-order chi connectivity index (χ1) is 8.19. The highest BCUT2D eigenvalue weighted by atomic mass is 79.9. The molecule has 0 aliphatic rings. The van der Waals surface area contributed by atoms with Gasteiger partial charge in [0.15, 0.2) is 0 Å². The Morgan fingerprint density at radius 3 is 2.76 bits per heavy atom. The fourth-order valence-corrected chi connectivity index (χ4v) is 2.24. The van der Waals surface area contributed by atoms with E-state index in [4.69, 9.17) is 0 Å². The Hall–Kier alpha value is -0.770. The van der Waals surface area contributed by atoms with Crippen molar-refractivity contribution in [1.82, 2.24) is 9.88 Å². The fraction of sp³-hybridized carbons (Fsp3) is 0.615. The zero-order chi connectivity index (χ0) is 12.7. The average Bonchev–Trinajstić information content (AvgIpc) is 2.70. The zero-order valence-electron chi connectivity index (χ0n) is 10.6. The van der Waals surface area contributed by atoms with Crippen LogP contribution in [-0.2, 0) is 6.54 Å². The molecule has 0 spiro atoms. The summed E-state index contributed by atoms with van der Waals surface area (Å²) >= 11 is 3.39. The van der Waals surface area contributed by atoms with E-state index in [9.17, 15) is 4.79 Å². The van der Waals surface area contributed by atoms with Crippen molar-refractivity contribution < 1.29 is 4.79 Å². The highest BCUT2D eigenvalue weighted by Crippen LogP contribution is 2.14. The maximum atomic E-state index is 11.9. The number of nitrogens with zero attached hydrogens (tertiary/aromatic N) is 1. The number of halogens is 1. The summed E-state index contributed by atoms with van der Waals surface area (Å²) in [6.45, 7) is 5.80. The number of carbonyl (C=O) groups excluding carboxylic acids is 1. The van der Waals surface area contributed by atoms with Gasteiger partial charge in [-0.05, 0) is 35.3 Å². The van der Waals surface area contributed by atoms with Gasteiger partial charge in [0.2, 0.25) is 0 Å². The van der Waals surface area contributed by atoms with Crippen LogP contribution < -0.4 is 5.32 Å². The van der Waals surface area contributed by atoms with E-state index in [2.05, 4.69) is 28.2 Å². The smallest absolute Gasteiger partial charge is 0.267 e. The molecule has 1 heterocycles. The molecular weight excluding hydrogens is 280 g/mol. The number of hydrogen-bond donors (Lipinski definition) is 1. The van der Waals surface area contributed by atoms with Gasteiger partial charge in [0.05, 0.1) is 0 Å². The summed E-state index contributed by atoms with van der Waals surface area (Å²) < 4.78 is 2.90. The molecule has 0 saturated heterocycles. The van der Waals surface area contributed by atoms with Gasteiger partial charge in [-0.25, -0.2) is 0 Å². The van der Waals surface area contributed by atoms with Gasteiger partial charge in [0.25, 0.3) is 5.91 Å². The van der Waals surface area contributed by atoms with Crippen LogP contribution in [0, 0.1) is 0 Å². The van der Waals surface area contributed by atoms with Gasteiger partial charge >= 0.3 is 0 Å². The van der Waals surface area contributed by atoms with Crippen molar-refractivity contribution in [1.29, 1.82) is 0 Å². The van der Waals surface area contributed by atoms with E-state index in [1.165, 1.54) is 19.3 Å². The number of aromatic nitrogens is 1. The molecule has 1 rings (SSSR count). The molecule has 1 amide bonds. The number of hydrogen-bond acceptors (Lipinski definition) is 1. The molecule has 4 heteroatoms. The Balaban J connectivity index is 2.41. The molecule has 96 valence electrons. The first-order valence-corrected chi connectivity index (χ1v) is 7.12. The summed E-state index contributed by atoms with van der Waals surface area (Å²) in [5.74, 6) is 0.0223. The lowest BCUT2D eigenvalue weighted by molar-refractivity contribution is 0.0944. The van der Waals surface area contributed by atoms with Crippen LogP contribution >= 0.6 is 15.9 Å². The molecule has 0 saturated carbocycles. The van der Waals surface area contributed by atoms with Gasteiger partial charge in [0.1, 0.15) is 5.69 Å². The third-order valence-corrected chi connectivity index (χ3v) is 3.19. The largest absolute Gasteiger partial charge is 0.351 e. The van der Waals surface area contributed by atoms with Gasteiger partial charge < -0.3 is 9.88 Å². The fourth-order valence-electron chi connectivity index (χ4n) is 1.77. The molecule has 0 radical (unpaired) electrons. The lowest BCUT2D eigenvalue weighted by Crippen LogP contribution is -2.26. The van der Waals surface area contributed by atoms with Crippen LogP contribution in [0.4, 0.5) is 0 Å². The molecule has 17 heavy (non-hydrogen) atoms. The summed E-state index contributed by atoms with van der Waals surface area (Å²) in [6.07, 6.45) is 6.65. The lowest BCUT2D eigenvalue weighted by atomic mass is 10.2. The van der Waals surface area contributed by atoms with Crippen molar-refractivity contribution in [3.63, 3.8) is 0 Å². The molecule has 1 aromatic rings. The van der Waals surface area contributed by atoms with E-state index < -0.39 is 0 Å². The second-order valence-corrected chi connectivity index (χ2v) is 5.06. The number of rotatable bonds is 7. The Morgan fingerprint density at radius 2 is 2.12 bits per heavy atom. The van der Waals surface area contributed by atoms with E-state index in [0.29, 0.717) is 0 Å². The van der Waals surface area contributed by atoms with E-state index in [1.807, 2.05) is 23.8 Å². The normalized spacial score (nSPS) is 10.5. The van der Waals surface area contributed by atoms with Crippen molar-refractivity contribution in [2.75, 3.05) is 6.54 Å². The summed E-state index contributed by atoms with van der Waals surface area (Å²) in [6, 6.07) is 1.87. The van der Waals surface area contributed by atoms with Crippen molar-refractivity contribution in [2.24, 2.45) is 0 Å². The van der Waals surface area contributed by atoms with Crippen LogP contribution in [0.2, 0.25) is 0 Å². The van der Waals surface area contributed by atoms with Gasteiger partial charge in [-0.2, -0.15) is 0 Å². The first-order valence-electron chi connectivity index (χ1n) is 6.32. The van der Waals surface area contributed by atoms with Crippen molar-refractivity contribution in [2.45, 2.75) is 46.1 Å². The van der Waals surface area contributed by atoms with Gasteiger partial charge in [0, 0.05) is 23.8 Å². The van der Waals surface area contributed by atoms with E-state index >= 15 is 0 Å². The van der Waals surface area contributed by atoms with E-state index in [0.717, 1.165) is 29.7 Å². The summed E-state index contributed by atoms with van der Waals surface area (Å²) in [4.78, 5) is 11.9. The van der Waals surface area contributed by atoms with Crippen LogP contribution in [0.1, 0.15) is 50.0 Å². The predicted molar refractivity (Wildman–Crippen MR) is 74.3 cm³/mol. The van der Waals surface area contributed by atoms with Crippen molar-refractivity contribution in [3.8, 4) is 0 Å².